The van der Waals surface area contributed by atoms with Crippen molar-refractivity contribution in [2.24, 2.45) is 0 Å². The van der Waals surface area contributed by atoms with Crippen LogP contribution in [0.1, 0.15) is 36.5 Å². The lowest BCUT2D eigenvalue weighted by atomic mass is 9.96. The van der Waals surface area contributed by atoms with E-state index in [1.807, 2.05) is 37.3 Å². The Labute approximate surface area is 166 Å². The van der Waals surface area contributed by atoms with Crippen LogP contribution >= 0.6 is 11.3 Å². The number of thiophene rings is 1. The molecule has 1 aliphatic rings. The van der Waals surface area contributed by atoms with Crippen LogP contribution in [0.5, 0.6) is 0 Å². The van der Waals surface area contributed by atoms with E-state index in [9.17, 15) is 4.79 Å². The Balaban J connectivity index is 1.86. The standard InChI is InChI=1S/C21H28N2O2S/c1-3-20(24)23(18-8-5-4-6-9-18)21(25-2)12-15-22(16-13-21)14-11-19-10-7-17-26-19/h4-10,17H,3,11-16H2,1-2H3/i11D2,14D2. The number of aryl methyl sites for hydroxylation is 1. The Bertz CT molecular complexity index is 838. The van der Waals surface area contributed by atoms with Crippen LogP contribution in [0, 0.1) is 0 Å². The van der Waals surface area contributed by atoms with Crippen molar-refractivity contribution < 1.29 is 15.0 Å². The van der Waals surface area contributed by atoms with Crippen LogP contribution < -0.4 is 4.90 Å². The lowest BCUT2D eigenvalue weighted by molar-refractivity contribution is -0.128. The van der Waals surface area contributed by atoms with Crippen LogP contribution in [-0.4, -0.2) is 43.2 Å². The van der Waals surface area contributed by atoms with E-state index in [0.717, 1.165) is 5.69 Å². The molecular formula is C21H28N2O2S. The van der Waals surface area contributed by atoms with Gasteiger partial charge in [0.1, 0.15) is 5.72 Å². The quantitative estimate of drug-likeness (QED) is 0.680. The van der Waals surface area contributed by atoms with Crippen molar-refractivity contribution in [3.05, 3.63) is 52.7 Å². The van der Waals surface area contributed by atoms with Gasteiger partial charge in [-0.1, -0.05) is 31.2 Å². The van der Waals surface area contributed by atoms with Crippen molar-refractivity contribution in [1.82, 2.24) is 4.90 Å². The van der Waals surface area contributed by atoms with Crippen molar-refractivity contribution in [2.75, 3.05) is 31.6 Å². The summed E-state index contributed by atoms with van der Waals surface area (Å²) >= 11 is 1.21. The normalized spacial score (nSPS) is 20.5. The Morgan fingerprint density at radius 1 is 1.27 bits per heavy atom. The molecule has 0 unspecified atom stereocenters. The third-order valence-corrected chi connectivity index (χ3v) is 5.54. The van der Waals surface area contributed by atoms with Gasteiger partial charge >= 0.3 is 0 Å². The van der Waals surface area contributed by atoms with Crippen LogP contribution in [0.25, 0.3) is 0 Å². The molecule has 5 heteroatoms. The molecule has 1 aliphatic heterocycles. The number of hydrogen-bond donors (Lipinski definition) is 0. The van der Waals surface area contributed by atoms with Crippen molar-refractivity contribution in [2.45, 2.75) is 38.3 Å². The Morgan fingerprint density at radius 2 is 2.00 bits per heavy atom. The molecule has 4 nitrogen and oxygen atoms in total. The van der Waals surface area contributed by atoms with Gasteiger partial charge in [0.05, 0.1) is 0 Å². The van der Waals surface area contributed by atoms with Crippen LogP contribution in [0.2, 0.25) is 0 Å². The Hall–Kier alpha value is -1.69. The molecule has 26 heavy (non-hydrogen) atoms. The highest BCUT2D eigenvalue weighted by molar-refractivity contribution is 7.09. The Kier molecular flexibility index (Phi) is 4.87. The molecule has 0 aliphatic carbocycles. The number of ether oxygens (including phenoxy) is 1. The van der Waals surface area contributed by atoms with E-state index in [0.29, 0.717) is 24.1 Å². The van der Waals surface area contributed by atoms with E-state index in [1.54, 1.807) is 29.5 Å². The van der Waals surface area contributed by atoms with Crippen LogP contribution in [-0.2, 0) is 15.9 Å². The zero-order valence-electron chi connectivity index (χ0n) is 19.3. The summed E-state index contributed by atoms with van der Waals surface area (Å²) in [5, 5.41) is 1.75. The smallest absolute Gasteiger partial charge is 0.229 e. The number of amides is 1. The molecule has 0 atom stereocenters. The van der Waals surface area contributed by atoms with Crippen molar-refractivity contribution >= 4 is 22.9 Å². The number of likely N-dealkylation sites (tertiary alicyclic amines) is 1. The highest BCUT2D eigenvalue weighted by atomic mass is 32.1. The van der Waals surface area contributed by atoms with Gasteiger partial charge in [-0.25, -0.2) is 0 Å². The fourth-order valence-corrected chi connectivity index (χ4v) is 3.88. The Morgan fingerprint density at radius 3 is 2.58 bits per heavy atom. The van der Waals surface area contributed by atoms with Crippen molar-refractivity contribution in [3.8, 4) is 0 Å². The van der Waals surface area contributed by atoms with Gasteiger partial charge in [0, 0.05) is 62.0 Å². The van der Waals surface area contributed by atoms with Crippen LogP contribution in [0.15, 0.2) is 47.8 Å². The van der Waals surface area contributed by atoms with Gasteiger partial charge in [-0.2, -0.15) is 0 Å². The molecule has 1 amide bonds. The monoisotopic (exact) mass is 376 g/mol. The summed E-state index contributed by atoms with van der Waals surface area (Å²) in [5.41, 5.74) is -0.145. The molecule has 0 saturated carbocycles. The summed E-state index contributed by atoms with van der Waals surface area (Å²) in [6.45, 7) is 0.160. The number of methoxy groups -OCH3 is 1. The van der Waals surface area contributed by atoms with E-state index < -0.39 is 18.6 Å². The van der Waals surface area contributed by atoms with Gasteiger partial charge < -0.3 is 9.64 Å². The first-order valence-corrected chi connectivity index (χ1v) is 9.80. The first-order chi connectivity index (χ1) is 14.2. The third-order valence-electron chi connectivity index (χ3n) is 4.76. The number of nitrogens with zero attached hydrogens (tertiary/aromatic N) is 2. The molecule has 3 rings (SSSR count). The topological polar surface area (TPSA) is 32.8 Å². The second-order valence-electron chi connectivity index (χ2n) is 6.27. The fourth-order valence-electron chi connectivity index (χ4n) is 3.31. The maximum absolute atomic E-state index is 12.9. The van der Waals surface area contributed by atoms with E-state index >= 15 is 0 Å². The van der Waals surface area contributed by atoms with Gasteiger partial charge in [-0.05, 0) is 30.0 Å². The molecular weight excluding hydrogens is 344 g/mol. The average molecular weight is 377 g/mol. The summed E-state index contributed by atoms with van der Waals surface area (Å²) in [6, 6.07) is 12.7. The zero-order valence-corrected chi connectivity index (χ0v) is 16.1. The summed E-state index contributed by atoms with van der Waals surface area (Å²) in [5.74, 6) is -0.0616. The molecule has 0 radical (unpaired) electrons. The number of piperidine rings is 1. The molecule has 1 aromatic heterocycles. The molecule has 2 aromatic rings. The predicted molar refractivity (Wildman–Crippen MR) is 108 cm³/mol. The second kappa shape index (κ2) is 8.80. The number of para-hydroxylation sites is 1. The molecule has 1 saturated heterocycles. The molecule has 0 spiro atoms. The van der Waals surface area contributed by atoms with Gasteiger partial charge in [0.25, 0.3) is 0 Å². The van der Waals surface area contributed by atoms with Gasteiger partial charge in [0.2, 0.25) is 5.91 Å². The highest BCUT2D eigenvalue weighted by Gasteiger charge is 2.42. The number of anilines is 1. The van der Waals surface area contributed by atoms with E-state index in [-0.39, 0.29) is 19.0 Å². The average Bonchev–Trinajstić information content (AvgIpc) is 3.30. The maximum atomic E-state index is 12.9. The van der Waals surface area contributed by atoms with Crippen molar-refractivity contribution in [1.29, 1.82) is 0 Å². The van der Waals surface area contributed by atoms with Gasteiger partial charge in [0.15, 0.2) is 0 Å². The van der Waals surface area contributed by atoms with Crippen molar-refractivity contribution in [3.63, 3.8) is 0 Å². The van der Waals surface area contributed by atoms with Crippen LogP contribution in [0.3, 0.4) is 0 Å². The first-order valence-electron chi connectivity index (χ1n) is 10.9. The number of hydrogen-bond acceptors (Lipinski definition) is 4. The molecule has 1 fully saturated rings. The molecule has 0 N–H and O–H groups in total. The molecule has 0 bridgehead atoms. The molecule has 1 aromatic carbocycles. The van der Waals surface area contributed by atoms with Gasteiger partial charge in [-0.3, -0.25) is 9.69 Å². The minimum atomic E-state index is -2.19. The van der Waals surface area contributed by atoms with Crippen LogP contribution in [0.4, 0.5) is 5.69 Å². The number of rotatable bonds is 7. The highest BCUT2D eigenvalue weighted by Crippen LogP contribution is 2.34. The lowest BCUT2D eigenvalue weighted by Gasteiger charge is -2.47. The maximum Gasteiger partial charge on any atom is 0.229 e. The summed E-state index contributed by atoms with van der Waals surface area (Å²) in [6.07, 6.45) is -1.06. The minimum Gasteiger partial charge on any atom is -0.358 e. The third kappa shape index (κ3) is 4.17. The first kappa shape index (κ1) is 14.4. The van der Waals surface area contributed by atoms with E-state index in [2.05, 4.69) is 0 Å². The fraction of sp³-hybridized carbons (Fsp3) is 0.476. The minimum absolute atomic E-state index is 0.0616. The summed E-state index contributed by atoms with van der Waals surface area (Å²) < 4.78 is 40.0. The number of carbonyl (C=O) groups is 1. The summed E-state index contributed by atoms with van der Waals surface area (Å²) in [4.78, 5) is 16.5. The SMILES string of the molecule is [2H]C([2H])(c1cccs1)C([2H])([2H])N1CCC(OC)(N(C(=O)CC)c2ccccc2)CC1. The number of carbonyl (C=O) groups excluding carboxylic acids is 1. The number of benzene rings is 1. The van der Waals surface area contributed by atoms with E-state index in [4.69, 9.17) is 10.2 Å². The largest absolute Gasteiger partial charge is 0.358 e. The molecule has 2 heterocycles. The lowest BCUT2D eigenvalue weighted by Crippen LogP contribution is -2.59. The van der Waals surface area contributed by atoms with E-state index in [1.165, 1.54) is 16.2 Å². The predicted octanol–water partition coefficient (Wildman–Crippen LogP) is 4.17. The second-order valence-corrected chi connectivity index (χ2v) is 7.22. The molecule has 140 valence electrons. The summed E-state index contributed by atoms with van der Waals surface area (Å²) in [7, 11) is 1.58. The zero-order chi connectivity index (χ0) is 22.0. The van der Waals surface area contributed by atoms with Gasteiger partial charge in [-0.15, -0.1) is 11.3 Å².